The summed E-state index contributed by atoms with van der Waals surface area (Å²) in [5.41, 5.74) is 0.685. The lowest BCUT2D eigenvalue weighted by Gasteiger charge is -2.32. The summed E-state index contributed by atoms with van der Waals surface area (Å²) in [6, 6.07) is -0.00353. The number of aromatic nitrogens is 2. The number of hydrogen-bond donors (Lipinski definition) is 0. The highest BCUT2D eigenvalue weighted by Crippen LogP contribution is 2.27. The van der Waals surface area contributed by atoms with Gasteiger partial charge in [0.15, 0.2) is 0 Å². The lowest BCUT2D eigenvalue weighted by Crippen LogP contribution is -2.38. The summed E-state index contributed by atoms with van der Waals surface area (Å²) in [6.07, 6.45) is -1.99. The monoisotopic (exact) mass is 261 g/mol. The molecule has 0 aromatic carbocycles. The van der Waals surface area contributed by atoms with Crippen LogP contribution in [0.3, 0.4) is 0 Å². The van der Waals surface area contributed by atoms with Gasteiger partial charge in [-0.1, -0.05) is 0 Å². The van der Waals surface area contributed by atoms with E-state index in [2.05, 4.69) is 14.9 Å². The van der Waals surface area contributed by atoms with Crippen LogP contribution >= 0.6 is 0 Å². The fourth-order valence-corrected chi connectivity index (χ4v) is 1.88. The predicted octanol–water partition coefficient (Wildman–Crippen LogP) is 1.89. The Bertz CT molecular complexity index is 388. The Kier molecular flexibility index (Phi) is 3.82. The number of rotatable bonds is 2. The van der Waals surface area contributed by atoms with Gasteiger partial charge in [0.2, 0.25) is 5.82 Å². The molecule has 1 aliphatic rings. The van der Waals surface area contributed by atoms with Crippen molar-refractivity contribution in [1.29, 1.82) is 0 Å². The van der Waals surface area contributed by atoms with Crippen LogP contribution in [0, 0.1) is 0 Å². The molecule has 0 amide bonds. The van der Waals surface area contributed by atoms with E-state index < -0.39 is 12.0 Å². The molecule has 0 saturated carbocycles. The molecule has 0 spiro atoms. The molecule has 0 aliphatic carbocycles. The molecular formula is C11H14F3N3O. The number of nitrogens with zero attached hydrogens (tertiary/aromatic N) is 3. The largest absolute Gasteiger partial charge is 0.451 e. The Morgan fingerprint density at radius 1 is 1.22 bits per heavy atom. The third-order valence-corrected chi connectivity index (χ3v) is 3.00. The smallest absolute Gasteiger partial charge is 0.379 e. The van der Waals surface area contributed by atoms with Gasteiger partial charge in [-0.15, -0.1) is 0 Å². The van der Waals surface area contributed by atoms with E-state index in [1.54, 1.807) is 0 Å². The fraction of sp³-hybridized carbons (Fsp3) is 0.636. The van der Waals surface area contributed by atoms with E-state index in [-0.39, 0.29) is 6.04 Å². The topological polar surface area (TPSA) is 38.2 Å². The number of morpholine rings is 1. The summed E-state index contributed by atoms with van der Waals surface area (Å²) in [7, 11) is 0. The van der Waals surface area contributed by atoms with Crippen molar-refractivity contribution in [2.45, 2.75) is 19.1 Å². The van der Waals surface area contributed by atoms with Crippen molar-refractivity contribution < 1.29 is 17.9 Å². The van der Waals surface area contributed by atoms with Crippen LogP contribution in [-0.2, 0) is 10.9 Å². The molecule has 2 rings (SSSR count). The van der Waals surface area contributed by atoms with Gasteiger partial charge in [0, 0.05) is 37.1 Å². The fourth-order valence-electron chi connectivity index (χ4n) is 1.88. The predicted molar refractivity (Wildman–Crippen MR) is 57.8 cm³/mol. The standard InChI is InChI=1S/C11H14F3N3O/c1-8(17-2-4-18-5-3-17)9-6-15-10(16-7-9)11(12,13)14/h6-8H,2-5H2,1H3. The molecule has 100 valence electrons. The van der Waals surface area contributed by atoms with E-state index in [1.165, 1.54) is 12.4 Å². The van der Waals surface area contributed by atoms with Gasteiger partial charge in [0.05, 0.1) is 13.2 Å². The molecule has 0 radical (unpaired) electrons. The molecule has 18 heavy (non-hydrogen) atoms. The van der Waals surface area contributed by atoms with E-state index in [1.807, 2.05) is 6.92 Å². The first-order valence-corrected chi connectivity index (χ1v) is 5.69. The lowest BCUT2D eigenvalue weighted by atomic mass is 10.1. The lowest BCUT2D eigenvalue weighted by molar-refractivity contribution is -0.145. The van der Waals surface area contributed by atoms with Gasteiger partial charge in [0.1, 0.15) is 0 Å². The molecule has 1 aliphatic heterocycles. The minimum atomic E-state index is -4.49. The van der Waals surface area contributed by atoms with Crippen LogP contribution < -0.4 is 0 Å². The first-order chi connectivity index (χ1) is 8.48. The summed E-state index contributed by atoms with van der Waals surface area (Å²) in [5, 5.41) is 0. The van der Waals surface area contributed by atoms with E-state index in [0.717, 1.165) is 13.1 Å². The molecule has 1 saturated heterocycles. The van der Waals surface area contributed by atoms with Crippen molar-refractivity contribution in [3.8, 4) is 0 Å². The maximum Gasteiger partial charge on any atom is 0.451 e. The van der Waals surface area contributed by atoms with Crippen molar-refractivity contribution in [1.82, 2.24) is 14.9 Å². The van der Waals surface area contributed by atoms with Crippen molar-refractivity contribution in [2.24, 2.45) is 0 Å². The Balaban J connectivity index is 2.09. The van der Waals surface area contributed by atoms with Gasteiger partial charge in [-0.3, -0.25) is 4.90 Å². The molecular weight excluding hydrogens is 247 g/mol. The highest BCUT2D eigenvalue weighted by molar-refractivity contribution is 5.11. The second-order valence-corrected chi connectivity index (χ2v) is 4.16. The van der Waals surface area contributed by atoms with Crippen LogP contribution in [0.15, 0.2) is 12.4 Å². The maximum atomic E-state index is 12.3. The molecule has 1 aromatic rings. The third kappa shape index (κ3) is 2.97. The van der Waals surface area contributed by atoms with Crippen LogP contribution in [0.25, 0.3) is 0 Å². The second kappa shape index (κ2) is 5.19. The molecule has 0 bridgehead atoms. The van der Waals surface area contributed by atoms with Gasteiger partial charge in [-0.05, 0) is 6.92 Å². The van der Waals surface area contributed by atoms with Crippen molar-refractivity contribution in [3.05, 3.63) is 23.8 Å². The Labute approximate surface area is 103 Å². The van der Waals surface area contributed by atoms with Crippen LogP contribution in [-0.4, -0.2) is 41.2 Å². The Morgan fingerprint density at radius 2 is 1.78 bits per heavy atom. The van der Waals surface area contributed by atoms with E-state index >= 15 is 0 Å². The summed E-state index contributed by atoms with van der Waals surface area (Å²) < 4.78 is 42.2. The minimum Gasteiger partial charge on any atom is -0.379 e. The highest BCUT2D eigenvalue weighted by atomic mass is 19.4. The zero-order valence-electron chi connectivity index (χ0n) is 9.94. The Morgan fingerprint density at radius 3 is 2.28 bits per heavy atom. The number of alkyl halides is 3. The van der Waals surface area contributed by atoms with E-state index in [0.29, 0.717) is 18.8 Å². The average molecular weight is 261 g/mol. The summed E-state index contributed by atoms with van der Waals surface area (Å²) in [6.45, 7) is 4.75. The van der Waals surface area contributed by atoms with Crippen LogP contribution in [0.1, 0.15) is 24.4 Å². The van der Waals surface area contributed by atoms with Gasteiger partial charge < -0.3 is 4.74 Å². The van der Waals surface area contributed by atoms with Gasteiger partial charge in [-0.2, -0.15) is 13.2 Å². The quantitative estimate of drug-likeness (QED) is 0.815. The van der Waals surface area contributed by atoms with Gasteiger partial charge >= 0.3 is 6.18 Å². The normalized spacial score (nSPS) is 19.8. The van der Waals surface area contributed by atoms with Crippen molar-refractivity contribution in [3.63, 3.8) is 0 Å². The molecule has 4 nitrogen and oxygen atoms in total. The van der Waals surface area contributed by atoms with Gasteiger partial charge in [0.25, 0.3) is 0 Å². The minimum absolute atomic E-state index is 0.00353. The maximum absolute atomic E-state index is 12.3. The molecule has 1 unspecified atom stereocenters. The number of hydrogen-bond acceptors (Lipinski definition) is 4. The van der Waals surface area contributed by atoms with Crippen LogP contribution in [0.2, 0.25) is 0 Å². The zero-order chi connectivity index (χ0) is 13.2. The molecule has 1 atom stereocenters. The van der Waals surface area contributed by atoms with Crippen molar-refractivity contribution in [2.75, 3.05) is 26.3 Å². The molecule has 1 aromatic heterocycles. The number of ether oxygens (including phenoxy) is 1. The van der Waals surface area contributed by atoms with Gasteiger partial charge in [-0.25, -0.2) is 9.97 Å². The highest BCUT2D eigenvalue weighted by Gasteiger charge is 2.34. The first kappa shape index (κ1) is 13.2. The summed E-state index contributed by atoms with van der Waals surface area (Å²) >= 11 is 0. The van der Waals surface area contributed by atoms with Crippen LogP contribution in [0.5, 0.6) is 0 Å². The zero-order valence-corrected chi connectivity index (χ0v) is 9.94. The Hall–Kier alpha value is -1.21. The second-order valence-electron chi connectivity index (χ2n) is 4.16. The molecule has 2 heterocycles. The SMILES string of the molecule is CC(c1cnc(C(F)(F)F)nc1)N1CCOCC1. The number of halogens is 3. The van der Waals surface area contributed by atoms with Crippen molar-refractivity contribution >= 4 is 0 Å². The molecule has 1 fully saturated rings. The van der Waals surface area contributed by atoms with E-state index in [4.69, 9.17) is 4.74 Å². The summed E-state index contributed by atoms with van der Waals surface area (Å²) in [4.78, 5) is 8.88. The molecule has 0 N–H and O–H groups in total. The first-order valence-electron chi connectivity index (χ1n) is 5.69. The average Bonchev–Trinajstić information content (AvgIpc) is 2.38. The van der Waals surface area contributed by atoms with Crippen LogP contribution in [0.4, 0.5) is 13.2 Å². The van der Waals surface area contributed by atoms with E-state index in [9.17, 15) is 13.2 Å². The third-order valence-electron chi connectivity index (χ3n) is 3.00. The molecule has 7 heteroatoms. The summed E-state index contributed by atoms with van der Waals surface area (Å²) in [5.74, 6) is -1.10.